The molecule has 1 aliphatic heterocycles. The van der Waals surface area contributed by atoms with Crippen LogP contribution in [-0.2, 0) is 0 Å². The Hall–Kier alpha value is -2.94. The number of piperidine rings is 1. The second kappa shape index (κ2) is 9.51. The fourth-order valence-electron chi connectivity index (χ4n) is 3.38. The number of likely N-dealkylation sites (tertiary alicyclic amines) is 1. The molecule has 8 nitrogen and oxygen atoms in total. The highest BCUT2D eigenvalue weighted by atomic mass is 32.2. The van der Waals surface area contributed by atoms with E-state index < -0.39 is 10.8 Å². The van der Waals surface area contributed by atoms with Gasteiger partial charge in [0.25, 0.3) is 17.5 Å². The summed E-state index contributed by atoms with van der Waals surface area (Å²) in [5, 5.41) is 14.6. The van der Waals surface area contributed by atoms with Gasteiger partial charge in [0.15, 0.2) is 0 Å². The van der Waals surface area contributed by atoms with Gasteiger partial charge in [-0.25, -0.2) is 4.98 Å². The number of hydrogen-bond acceptors (Lipinski definition) is 6. The van der Waals surface area contributed by atoms with E-state index in [-0.39, 0.29) is 23.1 Å². The normalized spacial score (nSPS) is 14.4. The van der Waals surface area contributed by atoms with Gasteiger partial charge in [-0.2, -0.15) is 0 Å². The lowest BCUT2D eigenvalue weighted by molar-refractivity contribution is -0.385. The highest BCUT2D eigenvalue weighted by molar-refractivity contribution is 7.98. The smallest absolute Gasteiger partial charge is 0.282 e. The van der Waals surface area contributed by atoms with Crippen molar-refractivity contribution in [1.29, 1.82) is 0 Å². The Bertz CT molecular complexity index is 913. The van der Waals surface area contributed by atoms with Crippen molar-refractivity contribution in [2.24, 2.45) is 5.92 Å². The van der Waals surface area contributed by atoms with E-state index in [1.807, 2.05) is 11.2 Å². The van der Waals surface area contributed by atoms with E-state index in [1.165, 1.54) is 30.0 Å². The van der Waals surface area contributed by atoms with Crippen LogP contribution < -0.4 is 5.32 Å². The number of nitrogens with zero attached hydrogens (tertiary/aromatic N) is 3. The highest BCUT2D eigenvalue weighted by Crippen LogP contribution is 2.23. The first-order chi connectivity index (χ1) is 14.0. The van der Waals surface area contributed by atoms with Crippen LogP contribution in [0.25, 0.3) is 0 Å². The van der Waals surface area contributed by atoms with Gasteiger partial charge in [-0.05, 0) is 43.2 Å². The van der Waals surface area contributed by atoms with Crippen molar-refractivity contribution in [3.63, 3.8) is 0 Å². The molecule has 0 spiro atoms. The Labute approximate surface area is 172 Å². The van der Waals surface area contributed by atoms with Crippen LogP contribution in [0.4, 0.5) is 5.69 Å². The van der Waals surface area contributed by atoms with Crippen molar-refractivity contribution in [3.8, 4) is 0 Å². The number of rotatable bonds is 6. The number of carbonyl (C=O) groups excluding carboxylic acids is 2. The summed E-state index contributed by atoms with van der Waals surface area (Å²) in [5.74, 6) is -0.250. The Morgan fingerprint density at radius 2 is 1.90 bits per heavy atom. The number of nitrogens with one attached hydrogen (secondary N) is 1. The lowest BCUT2D eigenvalue weighted by Gasteiger charge is -2.32. The number of benzene rings is 1. The Morgan fingerprint density at radius 1 is 1.21 bits per heavy atom. The molecular formula is C20H22N4O4S. The summed E-state index contributed by atoms with van der Waals surface area (Å²) in [6.45, 7) is 1.64. The number of aromatic nitrogens is 1. The molecule has 1 N–H and O–H groups in total. The number of pyridine rings is 1. The van der Waals surface area contributed by atoms with E-state index in [0.29, 0.717) is 25.2 Å². The van der Waals surface area contributed by atoms with Gasteiger partial charge in [0.2, 0.25) is 0 Å². The minimum atomic E-state index is -0.555. The average molecular weight is 414 g/mol. The lowest BCUT2D eigenvalue weighted by atomic mass is 9.96. The molecule has 1 fully saturated rings. The monoisotopic (exact) mass is 414 g/mol. The summed E-state index contributed by atoms with van der Waals surface area (Å²) >= 11 is 1.45. The molecule has 0 bridgehead atoms. The second-order valence-electron chi connectivity index (χ2n) is 6.78. The Balaban J connectivity index is 1.53. The van der Waals surface area contributed by atoms with Crippen molar-refractivity contribution in [1.82, 2.24) is 15.2 Å². The van der Waals surface area contributed by atoms with Crippen LogP contribution in [0.15, 0.2) is 47.6 Å². The molecule has 3 rings (SSSR count). The zero-order chi connectivity index (χ0) is 20.8. The summed E-state index contributed by atoms with van der Waals surface area (Å²) < 4.78 is 0. The number of para-hydroxylation sites is 1. The van der Waals surface area contributed by atoms with Crippen LogP contribution in [0.3, 0.4) is 0 Å². The summed E-state index contributed by atoms with van der Waals surface area (Å²) in [5.41, 5.74) is 0.473. The maximum Gasteiger partial charge on any atom is 0.282 e. The van der Waals surface area contributed by atoms with Gasteiger partial charge in [-0.15, -0.1) is 11.8 Å². The van der Waals surface area contributed by atoms with Gasteiger partial charge in [0, 0.05) is 31.9 Å². The third-order valence-corrected chi connectivity index (χ3v) is 5.71. The minimum absolute atomic E-state index is 0.0233. The molecule has 0 unspecified atom stereocenters. The van der Waals surface area contributed by atoms with Gasteiger partial charge in [-0.3, -0.25) is 19.7 Å². The Morgan fingerprint density at radius 3 is 2.59 bits per heavy atom. The predicted molar refractivity (Wildman–Crippen MR) is 110 cm³/mol. The summed E-state index contributed by atoms with van der Waals surface area (Å²) in [4.78, 5) is 41.7. The largest absolute Gasteiger partial charge is 0.352 e. The van der Waals surface area contributed by atoms with E-state index >= 15 is 0 Å². The molecule has 0 aliphatic carbocycles. The molecule has 1 aromatic carbocycles. The van der Waals surface area contributed by atoms with Gasteiger partial charge in [-0.1, -0.05) is 12.1 Å². The van der Waals surface area contributed by atoms with Crippen LogP contribution in [-0.4, -0.2) is 52.5 Å². The van der Waals surface area contributed by atoms with Gasteiger partial charge in [0.1, 0.15) is 10.6 Å². The standard InChI is InChI=1S/C20H22N4O4S/c1-29-19-16(6-4-10-21-19)20(26)23-11-8-14(9-12-23)13-22-18(25)15-5-2-3-7-17(15)24(27)28/h2-7,10,14H,8-9,11-13H2,1H3,(H,22,25). The van der Waals surface area contributed by atoms with Gasteiger partial charge < -0.3 is 10.2 Å². The lowest BCUT2D eigenvalue weighted by Crippen LogP contribution is -2.41. The van der Waals surface area contributed by atoms with Crippen molar-refractivity contribution < 1.29 is 14.5 Å². The van der Waals surface area contributed by atoms with E-state index in [1.54, 1.807) is 24.4 Å². The van der Waals surface area contributed by atoms with Crippen LogP contribution in [0.5, 0.6) is 0 Å². The number of carbonyl (C=O) groups is 2. The first-order valence-corrected chi connectivity index (χ1v) is 10.5. The van der Waals surface area contributed by atoms with Crippen LogP contribution in [0, 0.1) is 16.0 Å². The first kappa shape index (κ1) is 20.8. The zero-order valence-corrected chi connectivity index (χ0v) is 16.9. The number of nitro benzene ring substituents is 1. The number of nitro groups is 1. The third-order valence-electron chi connectivity index (χ3n) is 4.99. The number of thioether (sulfide) groups is 1. The summed E-state index contributed by atoms with van der Waals surface area (Å²) in [6.07, 6.45) is 5.09. The number of amides is 2. The number of hydrogen-bond donors (Lipinski definition) is 1. The average Bonchev–Trinajstić information content (AvgIpc) is 2.77. The van der Waals surface area contributed by atoms with Gasteiger partial charge in [0.05, 0.1) is 10.5 Å². The molecule has 0 saturated carbocycles. The Kier molecular flexibility index (Phi) is 6.82. The molecule has 0 radical (unpaired) electrons. The molecular weight excluding hydrogens is 392 g/mol. The van der Waals surface area contributed by atoms with E-state index in [0.717, 1.165) is 17.9 Å². The topological polar surface area (TPSA) is 105 Å². The molecule has 2 heterocycles. The molecule has 1 saturated heterocycles. The van der Waals surface area contributed by atoms with Crippen LogP contribution >= 0.6 is 11.8 Å². The van der Waals surface area contributed by atoms with Crippen LogP contribution in [0.2, 0.25) is 0 Å². The molecule has 9 heteroatoms. The van der Waals surface area contributed by atoms with E-state index in [9.17, 15) is 19.7 Å². The van der Waals surface area contributed by atoms with E-state index in [4.69, 9.17) is 0 Å². The van der Waals surface area contributed by atoms with Crippen molar-refractivity contribution in [2.75, 3.05) is 25.9 Å². The van der Waals surface area contributed by atoms with Crippen LogP contribution in [0.1, 0.15) is 33.6 Å². The fourth-order valence-corrected chi connectivity index (χ4v) is 3.93. The summed E-state index contributed by atoms with van der Waals surface area (Å²) in [6, 6.07) is 9.46. The minimum Gasteiger partial charge on any atom is -0.352 e. The van der Waals surface area contributed by atoms with Crippen molar-refractivity contribution in [3.05, 3.63) is 63.8 Å². The van der Waals surface area contributed by atoms with E-state index in [2.05, 4.69) is 10.3 Å². The predicted octanol–water partition coefficient (Wildman–Crippen LogP) is 2.99. The quantitative estimate of drug-likeness (QED) is 0.443. The zero-order valence-electron chi connectivity index (χ0n) is 16.0. The van der Waals surface area contributed by atoms with Crippen molar-refractivity contribution >= 4 is 29.3 Å². The molecule has 1 aromatic heterocycles. The highest BCUT2D eigenvalue weighted by Gasteiger charge is 2.26. The molecule has 0 atom stereocenters. The molecule has 29 heavy (non-hydrogen) atoms. The maximum absolute atomic E-state index is 12.8. The first-order valence-electron chi connectivity index (χ1n) is 9.31. The van der Waals surface area contributed by atoms with Gasteiger partial charge >= 0.3 is 0 Å². The molecule has 2 aromatic rings. The maximum atomic E-state index is 12.8. The molecule has 152 valence electrons. The molecule has 1 aliphatic rings. The molecule has 2 amide bonds. The summed E-state index contributed by atoms with van der Waals surface area (Å²) in [7, 11) is 0. The third kappa shape index (κ3) is 4.92. The SMILES string of the molecule is CSc1ncccc1C(=O)N1CCC(CNC(=O)c2ccccc2[N+](=O)[O-])CC1. The fraction of sp³-hybridized carbons (Fsp3) is 0.350. The second-order valence-corrected chi connectivity index (χ2v) is 7.58. The van der Waals surface area contributed by atoms with Crippen molar-refractivity contribution in [2.45, 2.75) is 17.9 Å².